The molecule has 0 aromatic carbocycles. The molecule has 0 rings (SSSR count). The molecule has 0 saturated heterocycles. The summed E-state index contributed by atoms with van der Waals surface area (Å²) in [6.45, 7) is 6.81. The highest BCUT2D eigenvalue weighted by Crippen LogP contribution is 2.27. The lowest BCUT2D eigenvalue weighted by atomic mass is 9.84. The summed E-state index contributed by atoms with van der Waals surface area (Å²) in [5.41, 5.74) is 1.57. The monoisotopic (exact) mass is 268 g/mol. The third-order valence-corrected chi connectivity index (χ3v) is 2.11. The van der Waals surface area contributed by atoms with E-state index in [9.17, 15) is 0 Å². The Bertz CT molecular complexity index is 133. The van der Waals surface area contributed by atoms with Crippen LogP contribution in [0.5, 0.6) is 0 Å². The molecule has 0 saturated carbocycles. The Balaban J connectivity index is 4.22. The van der Waals surface area contributed by atoms with E-state index in [0.29, 0.717) is 0 Å². The molecule has 0 fully saturated rings. The van der Waals surface area contributed by atoms with Gasteiger partial charge in [0.25, 0.3) is 0 Å². The molecule has 11 heavy (non-hydrogen) atoms. The smallest absolute Gasteiger partial charge is 0.0468 e. The van der Waals surface area contributed by atoms with Crippen molar-refractivity contribution in [3.63, 3.8) is 0 Å². The summed E-state index contributed by atoms with van der Waals surface area (Å²) in [6.07, 6.45) is 3.02. The molecule has 0 heterocycles. The molecule has 66 valence electrons. The van der Waals surface area contributed by atoms with E-state index in [-0.39, 0.29) is 12.0 Å². The maximum atomic E-state index is 8.78. The summed E-state index contributed by atoms with van der Waals surface area (Å²) < 4.78 is 1.03. The van der Waals surface area contributed by atoms with Gasteiger partial charge in [0, 0.05) is 11.0 Å². The van der Waals surface area contributed by atoms with Crippen molar-refractivity contribution >= 4 is 22.6 Å². The molecule has 1 nitrogen and oxygen atoms in total. The van der Waals surface area contributed by atoms with Gasteiger partial charge in [0.2, 0.25) is 0 Å². The summed E-state index contributed by atoms with van der Waals surface area (Å²) in [7, 11) is 0. The van der Waals surface area contributed by atoms with Gasteiger partial charge in [-0.2, -0.15) is 0 Å². The predicted octanol–water partition coefficient (Wildman–Crippen LogP) is 2.78. The van der Waals surface area contributed by atoms with Crippen molar-refractivity contribution in [3.05, 3.63) is 11.6 Å². The number of halogens is 1. The van der Waals surface area contributed by atoms with Gasteiger partial charge >= 0.3 is 0 Å². The predicted molar refractivity (Wildman–Crippen MR) is 58.1 cm³/mol. The molecular weight excluding hydrogens is 251 g/mol. The van der Waals surface area contributed by atoms with Gasteiger partial charge in [0.1, 0.15) is 0 Å². The van der Waals surface area contributed by atoms with Gasteiger partial charge in [-0.1, -0.05) is 55.0 Å². The Labute approximate surface area is 83.0 Å². The Kier molecular flexibility index (Phi) is 5.34. The van der Waals surface area contributed by atoms with Crippen LogP contribution in [-0.4, -0.2) is 16.1 Å². The van der Waals surface area contributed by atoms with Crippen molar-refractivity contribution in [1.82, 2.24) is 0 Å². The van der Waals surface area contributed by atoms with Crippen molar-refractivity contribution in [2.24, 2.45) is 5.41 Å². The lowest BCUT2D eigenvalue weighted by Crippen LogP contribution is -2.11. The fourth-order valence-corrected chi connectivity index (χ4v) is 1.53. The van der Waals surface area contributed by atoms with Crippen LogP contribution in [0, 0.1) is 5.41 Å². The zero-order chi connectivity index (χ0) is 8.91. The SMILES string of the molecule is CC(C)(C)/C(=C/CI)CCO. The van der Waals surface area contributed by atoms with Gasteiger partial charge < -0.3 is 5.11 Å². The van der Waals surface area contributed by atoms with Crippen molar-refractivity contribution in [2.45, 2.75) is 27.2 Å². The molecule has 0 aliphatic heterocycles. The van der Waals surface area contributed by atoms with E-state index < -0.39 is 0 Å². The van der Waals surface area contributed by atoms with E-state index in [4.69, 9.17) is 5.11 Å². The molecule has 0 aliphatic carbocycles. The average Bonchev–Trinajstić information content (AvgIpc) is 1.85. The van der Waals surface area contributed by atoms with E-state index in [1.54, 1.807) is 0 Å². The second-order valence-corrected chi connectivity index (χ2v) is 4.49. The second kappa shape index (κ2) is 5.14. The molecule has 0 atom stereocenters. The van der Waals surface area contributed by atoms with E-state index in [0.717, 1.165) is 10.8 Å². The van der Waals surface area contributed by atoms with Gasteiger partial charge in [-0.25, -0.2) is 0 Å². The molecule has 0 spiro atoms. The fourth-order valence-electron chi connectivity index (χ4n) is 0.997. The largest absolute Gasteiger partial charge is 0.396 e. The molecule has 0 unspecified atom stereocenters. The molecule has 0 aliphatic rings. The number of alkyl halides is 1. The summed E-state index contributed by atoms with van der Waals surface area (Å²) in [5, 5.41) is 8.78. The third-order valence-electron chi connectivity index (χ3n) is 1.67. The van der Waals surface area contributed by atoms with Crippen molar-refractivity contribution < 1.29 is 5.11 Å². The second-order valence-electron chi connectivity index (χ2n) is 3.61. The Morgan fingerprint density at radius 2 is 2.00 bits per heavy atom. The minimum Gasteiger partial charge on any atom is -0.396 e. The van der Waals surface area contributed by atoms with Crippen molar-refractivity contribution in [3.8, 4) is 0 Å². The number of aliphatic hydroxyl groups is 1. The van der Waals surface area contributed by atoms with E-state index in [2.05, 4.69) is 49.4 Å². The molecule has 0 amide bonds. The van der Waals surface area contributed by atoms with Gasteiger partial charge in [-0.15, -0.1) is 0 Å². The van der Waals surface area contributed by atoms with E-state index in [1.165, 1.54) is 5.57 Å². The van der Waals surface area contributed by atoms with Crippen LogP contribution in [0.2, 0.25) is 0 Å². The van der Waals surface area contributed by atoms with Crippen LogP contribution in [0.3, 0.4) is 0 Å². The third kappa shape index (κ3) is 4.80. The van der Waals surface area contributed by atoms with Crippen molar-refractivity contribution in [2.75, 3.05) is 11.0 Å². The molecule has 0 radical (unpaired) electrons. The van der Waals surface area contributed by atoms with Crippen molar-refractivity contribution in [1.29, 1.82) is 0 Å². The highest BCUT2D eigenvalue weighted by atomic mass is 127. The zero-order valence-electron chi connectivity index (χ0n) is 7.52. The Morgan fingerprint density at radius 3 is 2.27 bits per heavy atom. The highest BCUT2D eigenvalue weighted by molar-refractivity contribution is 14.1. The first kappa shape index (κ1) is 11.4. The number of aliphatic hydroxyl groups excluding tert-OH is 1. The van der Waals surface area contributed by atoms with Gasteiger partial charge in [-0.3, -0.25) is 0 Å². The lowest BCUT2D eigenvalue weighted by molar-refractivity contribution is 0.287. The minimum absolute atomic E-state index is 0.216. The Morgan fingerprint density at radius 1 is 1.45 bits per heavy atom. The highest BCUT2D eigenvalue weighted by Gasteiger charge is 2.15. The number of rotatable bonds is 3. The van der Waals surface area contributed by atoms with Gasteiger partial charge in [0.15, 0.2) is 0 Å². The van der Waals surface area contributed by atoms with Crippen LogP contribution in [0.1, 0.15) is 27.2 Å². The van der Waals surface area contributed by atoms with Crippen LogP contribution in [0.15, 0.2) is 11.6 Å². The maximum absolute atomic E-state index is 8.78. The van der Waals surface area contributed by atoms with Crippen LogP contribution in [-0.2, 0) is 0 Å². The summed E-state index contributed by atoms with van der Waals surface area (Å²) in [6, 6.07) is 0. The zero-order valence-corrected chi connectivity index (χ0v) is 9.68. The number of hydrogen-bond acceptors (Lipinski definition) is 1. The van der Waals surface area contributed by atoms with Crippen LogP contribution in [0.4, 0.5) is 0 Å². The quantitative estimate of drug-likeness (QED) is 0.474. The lowest BCUT2D eigenvalue weighted by Gasteiger charge is -2.22. The van der Waals surface area contributed by atoms with Crippen LogP contribution >= 0.6 is 22.6 Å². The number of hydrogen-bond donors (Lipinski definition) is 1. The first-order chi connectivity index (χ1) is 5.02. The normalized spacial score (nSPS) is 13.7. The summed E-state index contributed by atoms with van der Waals surface area (Å²) in [4.78, 5) is 0. The van der Waals surface area contributed by atoms with E-state index in [1.807, 2.05) is 0 Å². The first-order valence-corrected chi connectivity index (χ1v) is 5.41. The standard InChI is InChI=1S/C9H17IO/c1-9(2,3)8(4-6-10)5-7-11/h4,11H,5-7H2,1-3H3/b8-4+. The number of allylic oxidation sites excluding steroid dienone is 1. The Hall–Kier alpha value is 0.430. The van der Waals surface area contributed by atoms with Crippen LogP contribution in [0.25, 0.3) is 0 Å². The topological polar surface area (TPSA) is 20.2 Å². The fraction of sp³-hybridized carbons (Fsp3) is 0.778. The summed E-state index contributed by atoms with van der Waals surface area (Å²) >= 11 is 2.32. The molecular formula is C9H17IO. The average molecular weight is 268 g/mol. The first-order valence-electron chi connectivity index (χ1n) is 3.88. The van der Waals surface area contributed by atoms with Gasteiger partial charge in [0.05, 0.1) is 0 Å². The molecule has 0 bridgehead atoms. The molecule has 0 aromatic heterocycles. The molecule has 1 N–H and O–H groups in total. The van der Waals surface area contributed by atoms with Crippen LogP contribution < -0.4 is 0 Å². The minimum atomic E-state index is 0.216. The molecule has 0 aromatic rings. The molecule has 2 heteroatoms. The summed E-state index contributed by atoms with van der Waals surface area (Å²) in [5.74, 6) is 0. The maximum Gasteiger partial charge on any atom is 0.0468 e. The van der Waals surface area contributed by atoms with E-state index >= 15 is 0 Å². The van der Waals surface area contributed by atoms with Gasteiger partial charge in [-0.05, 0) is 11.8 Å².